The molecule has 204 valence electrons. The Morgan fingerprint density at radius 3 is 2.73 bits per heavy atom. The van der Waals surface area contributed by atoms with Gasteiger partial charge in [0, 0.05) is 30.5 Å². The van der Waals surface area contributed by atoms with Gasteiger partial charge in [0.25, 0.3) is 0 Å². The summed E-state index contributed by atoms with van der Waals surface area (Å²) in [6.07, 6.45) is 12.0. The van der Waals surface area contributed by atoms with E-state index in [2.05, 4.69) is 12.2 Å². The van der Waals surface area contributed by atoms with Crippen molar-refractivity contribution in [1.82, 2.24) is 5.32 Å². The number of aliphatic imine (C=N–C) groups is 1. The first-order valence-electron chi connectivity index (χ1n) is 14.3. The number of aliphatic carboxylic acids is 1. The van der Waals surface area contributed by atoms with Gasteiger partial charge in [-0.15, -0.1) is 0 Å². The Kier molecular flexibility index (Phi) is 9.01. The number of nitrogens with one attached hydrogen (secondary N) is 1. The number of nitrogens with two attached hydrogens (primary N) is 2. The Bertz CT molecular complexity index is 1000. The number of carboxylic acids is 1. The Morgan fingerprint density at radius 1 is 1.16 bits per heavy atom. The maximum absolute atomic E-state index is 13.6. The van der Waals surface area contributed by atoms with Crippen molar-refractivity contribution in [2.75, 3.05) is 19.6 Å². The monoisotopic (exact) mass is 512 g/mol. The van der Waals surface area contributed by atoms with E-state index in [4.69, 9.17) is 21.6 Å². The molecule has 0 saturated heterocycles. The van der Waals surface area contributed by atoms with Crippen molar-refractivity contribution >= 4 is 23.2 Å². The zero-order valence-corrected chi connectivity index (χ0v) is 22.3. The summed E-state index contributed by atoms with van der Waals surface area (Å²) in [5.74, 6) is 0.653. The highest BCUT2D eigenvalue weighted by Crippen LogP contribution is 2.59. The highest BCUT2D eigenvalue weighted by Gasteiger charge is 2.55. The van der Waals surface area contributed by atoms with Crippen LogP contribution in [0.5, 0.6) is 0 Å². The smallest absolute Gasteiger partial charge is 0.320 e. The van der Waals surface area contributed by atoms with E-state index in [1.807, 2.05) is 6.08 Å². The Labute approximate surface area is 220 Å². The Hall–Kier alpha value is -2.32. The number of allylic oxidation sites excluding steroid dienone is 3. The molecule has 8 heteroatoms. The van der Waals surface area contributed by atoms with E-state index in [1.54, 1.807) is 0 Å². The minimum Gasteiger partial charge on any atom is -0.480 e. The van der Waals surface area contributed by atoms with Crippen molar-refractivity contribution in [3.63, 3.8) is 0 Å². The van der Waals surface area contributed by atoms with Crippen molar-refractivity contribution in [1.29, 1.82) is 0 Å². The fourth-order valence-corrected chi connectivity index (χ4v) is 7.24. The summed E-state index contributed by atoms with van der Waals surface area (Å²) in [5, 5.41) is 12.4. The second-order valence-electron chi connectivity index (χ2n) is 11.6. The van der Waals surface area contributed by atoms with Crippen LogP contribution >= 0.6 is 0 Å². The lowest BCUT2D eigenvalue weighted by atomic mass is 9.54. The second kappa shape index (κ2) is 12.0. The van der Waals surface area contributed by atoms with E-state index in [-0.39, 0.29) is 17.1 Å². The van der Waals surface area contributed by atoms with Crippen LogP contribution in [0.25, 0.3) is 0 Å². The topological polar surface area (TPSA) is 148 Å². The SMILES string of the molecule is C[C@]12CC[C@@H]3C4=C(CC[C@H]3[C@@H]1CCC2=O)C(=O)C(NCCCCCN)=CC4=NCCCC[C@H](N)C(=O)O. The molecule has 4 rings (SSSR count). The van der Waals surface area contributed by atoms with E-state index in [0.29, 0.717) is 55.7 Å². The molecule has 4 aliphatic rings. The van der Waals surface area contributed by atoms with Crippen LogP contribution in [0.1, 0.15) is 84.0 Å². The molecular weight excluding hydrogens is 468 g/mol. The van der Waals surface area contributed by atoms with E-state index in [0.717, 1.165) is 81.2 Å². The first-order valence-corrected chi connectivity index (χ1v) is 14.3. The summed E-state index contributed by atoms with van der Waals surface area (Å²) < 4.78 is 0. The molecule has 0 aliphatic heterocycles. The van der Waals surface area contributed by atoms with Gasteiger partial charge in [-0.25, -0.2) is 0 Å². The van der Waals surface area contributed by atoms with Gasteiger partial charge in [-0.3, -0.25) is 19.4 Å². The average molecular weight is 513 g/mol. The third-order valence-electron chi connectivity index (χ3n) is 9.36. The lowest BCUT2D eigenvalue weighted by Crippen LogP contribution is -2.46. The zero-order chi connectivity index (χ0) is 26.6. The normalized spacial score (nSPS) is 31.1. The molecule has 37 heavy (non-hydrogen) atoms. The Morgan fingerprint density at radius 2 is 1.97 bits per heavy atom. The number of fused-ring (bicyclic) bond motifs is 4. The van der Waals surface area contributed by atoms with Gasteiger partial charge in [-0.05, 0) is 100 Å². The summed E-state index contributed by atoms with van der Waals surface area (Å²) in [6, 6.07) is -0.839. The summed E-state index contributed by atoms with van der Waals surface area (Å²) in [5.41, 5.74) is 14.6. The lowest BCUT2D eigenvalue weighted by Gasteiger charge is -2.49. The molecule has 0 unspecified atom stereocenters. The number of Topliss-reactive ketones (excluding diaryl/α,β-unsaturated/α-hetero) is 2. The minimum absolute atomic E-state index is 0.106. The summed E-state index contributed by atoms with van der Waals surface area (Å²) in [7, 11) is 0. The average Bonchev–Trinajstić information content (AvgIpc) is 3.19. The van der Waals surface area contributed by atoms with Gasteiger partial charge in [-0.1, -0.05) is 13.3 Å². The van der Waals surface area contributed by atoms with Gasteiger partial charge >= 0.3 is 5.97 Å². The maximum atomic E-state index is 13.6. The number of unbranched alkanes of at least 4 members (excludes halogenated alkanes) is 3. The standard InChI is InChI=1S/C29H44N4O4/c1-29-13-12-19-18(21(29)10-11-25(29)34)8-9-20-26(19)23(32-16-6-3-7-22(31)28(36)37)17-24(27(20)35)33-15-5-2-4-14-30/h17-19,21-22,33H,2-16,30-31H2,1H3,(H,36,37)/t18-,19+,21+,22+,29+/m1/s1. The molecule has 2 fully saturated rings. The van der Waals surface area contributed by atoms with E-state index in [1.165, 1.54) is 0 Å². The number of ketones is 2. The highest BCUT2D eigenvalue weighted by atomic mass is 16.4. The van der Waals surface area contributed by atoms with Crippen molar-refractivity contribution < 1.29 is 19.5 Å². The molecule has 0 spiro atoms. The molecule has 0 amide bonds. The van der Waals surface area contributed by atoms with Gasteiger partial charge in [0.2, 0.25) is 5.78 Å². The molecular formula is C29H44N4O4. The molecule has 2 saturated carbocycles. The van der Waals surface area contributed by atoms with Crippen LogP contribution in [-0.2, 0) is 14.4 Å². The quantitative estimate of drug-likeness (QED) is 0.232. The number of carboxylic acid groups (broad SMARTS) is 1. The van der Waals surface area contributed by atoms with Crippen molar-refractivity contribution in [3.8, 4) is 0 Å². The van der Waals surface area contributed by atoms with E-state index < -0.39 is 12.0 Å². The molecule has 5 atom stereocenters. The van der Waals surface area contributed by atoms with Crippen molar-refractivity contribution in [3.05, 3.63) is 22.9 Å². The molecule has 0 aromatic carbocycles. The van der Waals surface area contributed by atoms with Gasteiger partial charge in [0.05, 0.1) is 11.4 Å². The van der Waals surface area contributed by atoms with Crippen molar-refractivity contribution in [2.45, 2.75) is 90.0 Å². The third kappa shape index (κ3) is 5.75. The summed E-state index contributed by atoms with van der Waals surface area (Å²) in [4.78, 5) is 42.3. The van der Waals surface area contributed by atoms with Crippen LogP contribution in [0, 0.1) is 23.2 Å². The van der Waals surface area contributed by atoms with Crippen LogP contribution < -0.4 is 16.8 Å². The second-order valence-corrected chi connectivity index (χ2v) is 11.6. The van der Waals surface area contributed by atoms with Gasteiger partial charge < -0.3 is 21.9 Å². The predicted octanol–water partition coefficient (Wildman–Crippen LogP) is 3.30. The fraction of sp³-hybridized carbons (Fsp3) is 0.724. The molecule has 8 nitrogen and oxygen atoms in total. The lowest BCUT2D eigenvalue weighted by molar-refractivity contribution is -0.138. The fourth-order valence-electron chi connectivity index (χ4n) is 7.24. The van der Waals surface area contributed by atoms with Crippen LogP contribution in [0.15, 0.2) is 27.9 Å². The maximum Gasteiger partial charge on any atom is 0.320 e. The number of nitrogens with zero attached hydrogens (tertiary/aromatic N) is 1. The molecule has 0 radical (unpaired) electrons. The minimum atomic E-state index is -0.972. The number of hydrogen-bond donors (Lipinski definition) is 4. The molecule has 4 aliphatic carbocycles. The number of hydrogen-bond acceptors (Lipinski definition) is 7. The van der Waals surface area contributed by atoms with Crippen LogP contribution in [0.3, 0.4) is 0 Å². The first-order chi connectivity index (χ1) is 17.8. The largest absolute Gasteiger partial charge is 0.480 e. The van der Waals surface area contributed by atoms with Gasteiger partial charge in [0.15, 0.2) is 0 Å². The van der Waals surface area contributed by atoms with Crippen LogP contribution in [-0.4, -0.2) is 54.0 Å². The van der Waals surface area contributed by atoms with E-state index >= 15 is 0 Å². The molecule has 0 bridgehead atoms. The van der Waals surface area contributed by atoms with Gasteiger partial charge in [-0.2, -0.15) is 0 Å². The number of rotatable bonds is 12. The third-order valence-corrected chi connectivity index (χ3v) is 9.36. The number of carbonyl (C=O) groups is 3. The Balaban J connectivity index is 1.53. The van der Waals surface area contributed by atoms with Gasteiger partial charge in [0.1, 0.15) is 11.8 Å². The van der Waals surface area contributed by atoms with Crippen LogP contribution in [0.2, 0.25) is 0 Å². The molecule has 6 N–H and O–H groups in total. The first kappa shape index (κ1) is 27.7. The molecule has 0 heterocycles. The molecule has 0 aromatic heterocycles. The van der Waals surface area contributed by atoms with Crippen molar-refractivity contribution in [2.24, 2.45) is 39.6 Å². The summed E-state index contributed by atoms with van der Waals surface area (Å²) in [6.45, 7) is 4.15. The highest BCUT2D eigenvalue weighted by molar-refractivity contribution is 6.24. The van der Waals surface area contributed by atoms with E-state index in [9.17, 15) is 14.4 Å². The summed E-state index contributed by atoms with van der Waals surface area (Å²) >= 11 is 0. The number of carbonyl (C=O) groups excluding carboxylic acids is 2. The molecule has 0 aromatic rings. The predicted molar refractivity (Wildman–Crippen MR) is 144 cm³/mol. The van der Waals surface area contributed by atoms with Crippen LogP contribution in [0.4, 0.5) is 0 Å². The zero-order valence-electron chi connectivity index (χ0n) is 22.3.